The molecule has 1 aromatic carbocycles. The lowest BCUT2D eigenvalue weighted by Crippen LogP contribution is -2.42. The lowest BCUT2D eigenvalue weighted by molar-refractivity contribution is -0.0734. The van der Waals surface area contributed by atoms with Crippen molar-refractivity contribution in [1.29, 1.82) is 0 Å². The van der Waals surface area contributed by atoms with Crippen LogP contribution in [-0.2, 0) is 11.3 Å². The molecule has 2 aromatic heterocycles. The highest BCUT2D eigenvalue weighted by Crippen LogP contribution is 2.61. The smallest absolute Gasteiger partial charge is 0.333 e. The summed E-state index contributed by atoms with van der Waals surface area (Å²) in [4.78, 5) is 25.5. The maximum absolute atomic E-state index is 13.1. The van der Waals surface area contributed by atoms with E-state index in [9.17, 15) is 14.7 Å². The fourth-order valence-corrected chi connectivity index (χ4v) is 4.47. The maximum atomic E-state index is 13.1. The Hall–Kier alpha value is -2.71. The van der Waals surface area contributed by atoms with Crippen molar-refractivity contribution in [1.82, 2.24) is 14.3 Å². The summed E-state index contributed by atoms with van der Waals surface area (Å²) in [6.45, 7) is 3.89. The Morgan fingerprint density at radius 2 is 2.14 bits per heavy atom. The first-order valence-electron chi connectivity index (χ1n) is 9.40. The summed E-state index contributed by atoms with van der Waals surface area (Å²) in [6, 6.07) is 7.03. The Balaban J connectivity index is 1.54. The van der Waals surface area contributed by atoms with Gasteiger partial charge in [0, 0.05) is 23.6 Å². The summed E-state index contributed by atoms with van der Waals surface area (Å²) in [5.74, 6) is 0.309. The normalized spacial score (nSPS) is 28.6. The van der Waals surface area contributed by atoms with Gasteiger partial charge in [-0.15, -0.1) is 0 Å². The molecular weight excluding hydrogens is 362 g/mol. The molecule has 1 saturated carbocycles. The second kappa shape index (κ2) is 5.89. The van der Waals surface area contributed by atoms with Crippen molar-refractivity contribution in [3.05, 3.63) is 62.6 Å². The first kappa shape index (κ1) is 17.4. The van der Waals surface area contributed by atoms with E-state index in [2.05, 4.69) is 5.16 Å². The molecule has 1 saturated heterocycles. The predicted molar refractivity (Wildman–Crippen MR) is 100 cm³/mol. The predicted octanol–water partition coefficient (Wildman–Crippen LogP) is 1.42. The van der Waals surface area contributed by atoms with Gasteiger partial charge in [-0.05, 0) is 30.9 Å². The van der Waals surface area contributed by atoms with Gasteiger partial charge in [0.25, 0.3) is 5.56 Å². The molecule has 0 bridgehead atoms. The van der Waals surface area contributed by atoms with Crippen LogP contribution >= 0.6 is 0 Å². The third-order valence-electron chi connectivity index (χ3n) is 6.24. The topological polar surface area (TPSA) is 99.5 Å². The molecule has 28 heavy (non-hydrogen) atoms. The van der Waals surface area contributed by atoms with E-state index in [0.29, 0.717) is 11.3 Å². The molecule has 1 aliphatic heterocycles. The second-order valence-electron chi connectivity index (χ2n) is 7.91. The Morgan fingerprint density at radius 1 is 1.32 bits per heavy atom. The quantitative estimate of drug-likeness (QED) is 0.732. The fraction of sp³-hybridized carbons (Fsp3) is 0.450. The zero-order valence-electron chi connectivity index (χ0n) is 15.7. The Morgan fingerprint density at radius 3 is 2.89 bits per heavy atom. The van der Waals surface area contributed by atoms with Crippen molar-refractivity contribution >= 4 is 11.0 Å². The SMILES string of the molecule is Cc1cccc2c(Cn3c(=O)ccn(C4OC5(CO)CC5C4C)c3=O)noc12. The molecule has 3 aromatic rings. The van der Waals surface area contributed by atoms with E-state index in [0.717, 1.165) is 21.9 Å². The van der Waals surface area contributed by atoms with E-state index in [1.54, 1.807) is 0 Å². The minimum absolute atomic E-state index is 0.0185. The molecule has 2 aliphatic rings. The summed E-state index contributed by atoms with van der Waals surface area (Å²) in [5.41, 5.74) is 0.728. The number of aliphatic hydroxyl groups is 1. The average molecular weight is 383 g/mol. The molecule has 2 fully saturated rings. The molecule has 8 heteroatoms. The highest BCUT2D eigenvalue weighted by atomic mass is 16.6. The van der Waals surface area contributed by atoms with Crippen LogP contribution in [0.3, 0.4) is 0 Å². The van der Waals surface area contributed by atoms with Gasteiger partial charge >= 0.3 is 5.69 Å². The van der Waals surface area contributed by atoms with Gasteiger partial charge in [0.2, 0.25) is 0 Å². The number of ether oxygens (including phenoxy) is 1. The van der Waals surface area contributed by atoms with Gasteiger partial charge in [-0.3, -0.25) is 13.9 Å². The molecule has 0 spiro atoms. The van der Waals surface area contributed by atoms with E-state index in [1.165, 1.54) is 16.8 Å². The second-order valence-corrected chi connectivity index (χ2v) is 7.91. The summed E-state index contributed by atoms with van der Waals surface area (Å²) in [6.07, 6.45) is 1.78. The van der Waals surface area contributed by atoms with Gasteiger partial charge in [-0.1, -0.05) is 24.2 Å². The van der Waals surface area contributed by atoms with E-state index in [-0.39, 0.29) is 25.0 Å². The third-order valence-corrected chi connectivity index (χ3v) is 6.24. The largest absolute Gasteiger partial charge is 0.393 e. The average Bonchev–Trinajstić information content (AvgIpc) is 3.14. The molecular formula is C20H21N3O5. The molecule has 0 radical (unpaired) electrons. The number of benzene rings is 1. The number of aromatic nitrogens is 3. The van der Waals surface area contributed by atoms with Gasteiger partial charge in [-0.25, -0.2) is 4.79 Å². The van der Waals surface area contributed by atoms with Crippen molar-refractivity contribution < 1.29 is 14.4 Å². The Labute approximate surface area is 159 Å². The van der Waals surface area contributed by atoms with Crippen LogP contribution < -0.4 is 11.2 Å². The van der Waals surface area contributed by atoms with Crippen molar-refractivity contribution in [2.45, 2.75) is 38.6 Å². The number of hydrogen-bond acceptors (Lipinski definition) is 6. The van der Waals surface area contributed by atoms with E-state index >= 15 is 0 Å². The standard InChI is InChI=1S/C20H21N3O5/c1-11-4-3-5-13-15(21-28-17(11)13)9-23-16(25)6-7-22(19(23)26)18-12(2)14-8-20(14,10-24)27-18/h3-7,12,14,18,24H,8-10H2,1-2H3. The highest BCUT2D eigenvalue weighted by Gasteiger charge is 2.66. The maximum Gasteiger partial charge on any atom is 0.333 e. The number of para-hydroxylation sites is 1. The van der Waals surface area contributed by atoms with Crippen LogP contribution in [-0.4, -0.2) is 31.6 Å². The van der Waals surface area contributed by atoms with Gasteiger partial charge in [0.15, 0.2) is 5.58 Å². The lowest BCUT2D eigenvalue weighted by atomic mass is 10.0. The van der Waals surface area contributed by atoms with Crippen LogP contribution in [0.2, 0.25) is 0 Å². The van der Waals surface area contributed by atoms with Crippen LogP contribution in [0.15, 0.2) is 44.6 Å². The number of rotatable bonds is 4. The monoisotopic (exact) mass is 383 g/mol. The number of fused-ring (bicyclic) bond motifs is 2. The van der Waals surface area contributed by atoms with Crippen LogP contribution in [0.4, 0.5) is 0 Å². The number of aryl methyl sites for hydroxylation is 1. The fourth-order valence-electron chi connectivity index (χ4n) is 4.47. The molecule has 8 nitrogen and oxygen atoms in total. The third kappa shape index (κ3) is 2.34. The first-order chi connectivity index (χ1) is 13.4. The molecule has 5 rings (SSSR count). The summed E-state index contributed by atoms with van der Waals surface area (Å²) in [5, 5.41) is 14.5. The van der Waals surface area contributed by atoms with E-state index < -0.39 is 23.1 Å². The zero-order chi connectivity index (χ0) is 19.6. The minimum atomic E-state index is -0.537. The van der Waals surface area contributed by atoms with E-state index in [4.69, 9.17) is 9.26 Å². The van der Waals surface area contributed by atoms with Gasteiger partial charge in [-0.2, -0.15) is 0 Å². The molecule has 1 aliphatic carbocycles. The lowest BCUT2D eigenvalue weighted by Gasteiger charge is -2.23. The Kier molecular flexibility index (Phi) is 3.66. The van der Waals surface area contributed by atoms with Crippen molar-refractivity contribution in [2.75, 3.05) is 6.61 Å². The van der Waals surface area contributed by atoms with Crippen LogP contribution in [0.1, 0.15) is 30.8 Å². The van der Waals surface area contributed by atoms with Gasteiger partial charge in [0.05, 0.1) is 18.8 Å². The number of nitrogens with zero attached hydrogens (tertiary/aromatic N) is 3. The molecule has 3 heterocycles. The van der Waals surface area contributed by atoms with Crippen LogP contribution in [0.5, 0.6) is 0 Å². The molecule has 146 valence electrons. The van der Waals surface area contributed by atoms with Crippen LogP contribution in [0, 0.1) is 18.8 Å². The first-order valence-corrected chi connectivity index (χ1v) is 9.40. The molecule has 0 amide bonds. The van der Waals surface area contributed by atoms with Gasteiger partial charge < -0.3 is 14.4 Å². The zero-order valence-corrected chi connectivity index (χ0v) is 15.7. The van der Waals surface area contributed by atoms with Crippen molar-refractivity contribution in [3.8, 4) is 0 Å². The summed E-state index contributed by atoms with van der Waals surface area (Å²) in [7, 11) is 0. The van der Waals surface area contributed by atoms with Crippen LogP contribution in [0.25, 0.3) is 11.0 Å². The molecule has 4 atom stereocenters. The van der Waals surface area contributed by atoms with Gasteiger partial charge in [0.1, 0.15) is 11.9 Å². The summed E-state index contributed by atoms with van der Waals surface area (Å²) >= 11 is 0. The minimum Gasteiger partial charge on any atom is -0.393 e. The van der Waals surface area contributed by atoms with E-state index in [1.807, 2.05) is 32.0 Å². The number of hydrogen-bond donors (Lipinski definition) is 1. The van der Waals surface area contributed by atoms with Crippen molar-refractivity contribution in [3.63, 3.8) is 0 Å². The molecule has 4 unspecified atom stereocenters. The van der Waals surface area contributed by atoms with Crippen molar-refractivity contribution in [2.24, 2.45) is 11.8 Å². The summed E-state index contributed by atoms with van der Waals surface area (Å²) < 4.78 is 14.0. The highest BCUT2D eigenvalue weighted by molar-refractivity contribution is 5.82. The molecule has 1 N–H and O–H groups in total. The number of aliphatic hydroxyl groups excluding tert-OH is 1. The Bertz CT molecular complexity index is 1190.